The molecule has 0 saturated heterocycles. The average Bonchev–Trinajstić information content (AvgIpc) is 2.62. The van der Waals surface area contributed by atoms with Crippen LogP contribution in [0.4, 0.5) is 0 Å². The van der Waals surface area contributed by atoms with Crippen LogP contribution in [-0.2, 0) is 0 Å². The number of rotatable bonds is 5. The van der Waals surface area contributed by atoms with Crippen molar-refractivity contribution in [1.29, 1.82) is 0 Å². The van der Waals surface area contributed by atoms with E-state index >= 15 is 0 Å². The summed E-state index contributed by atoms with van der Waals surface area (Å²) in [4.78, 5) is 15.6. The van der Waals surface area contributed by atoms with Crippen LogP contribution in [0.15, 0.2) is 52.4 Å². The Morgan fingerprint density at radius 2 is 2.04 bits per heavy atom. The molecule has 3 rings (SSSR count). The van der Waals surface area contributed by atoms with Crippen molar-refractivity contribution in [3.63, 3.8) is 0 Å². The van der Waals surface area contributed by atoms with Gasteiger partial charge in [0.05, 0.1) is 30.8 Å². The summed E-state index contributed by atoms with van der Waals surface area (Å²) in [6.45, 7) is 2.42. The molecule has 0 aliphatic rings. The summed E-state index contributed by atoms with van der Waals surface area (Å²) in [5, 5.41) is 4.76. The lowest BCUT2D eigenvalue weighted by atomic mass is 10.2. The Kier molecular flexibility index (Phi) is 4.95. The van der Waals surface area contributed by atoms with Gasteiger partial charge >= 0.3 is 0 Å². The van der Waals surface area contributed by atoms with Crippen molar-refractivity contribution in [3.8, 4) is 11.5 Å². The van der Waals surface area contributed by atoms with Crippen LogP contribution < -0.4 is 15.0 Å². The largest absolute Gasteiger partial charge is 0.493 e. The number of nitrogens with one attached hydrogen (secondary N) is 1. The van der Waals surface area contributed by atoms with E-state index in [0.29, 0.717) is 29.0 Å². The number of ether oxygens (including phenoxy) is 2. The first kappa shape index (κ1) is 16.9. The summed E-state index contributed by atoms with van der Waals surface area (Å²) in [7, 11) is 1.58. The van der Waals surface area contributed by atoms with Gasteiger partial charge in [-0.05, 0) is 55.0 Å². The van der Waals surface area contributed by atoms with Gasteiger partial charge in [-0.2, -0.15) is 9.78 Å². The minimum Gasteiger partial charge on any atom is -0.493 e. The average molecular weight is 355 g/mol. The highest BCUT2D eigenvalue weighted by atomic mass is 32.1. The molecule has 7 heteroatoms. The van der Waals surface area contributed by atoms with Crippen molar-refractivity contribution in [3.05, 3.63) is 63.2 Å². The zero-order chi connectivity index (χ0) is 17.8. The number of benzene rings is 2. The topological polar surface area (TPSA) is 68.6 Å². The van der Waals surface area contributed by atoms with Crippen LogP contribution in [0, 0.1) is 4.77 Å². The second-order valence-corrected chi connectivity index (χ2v) is 5.57. The van der Waals surface area contributed by atoms with Crippen LogP contribution in [-0.4, -0.2) is 29.6 Å². The molecule has 6 nitrogen and oxygen atoms in total. The quantitative estimate of drug-likeness (QED) is 0.563. The van der Waals surface area contributed by atoms with Crippen LogP contribution in [0.25, 0.3) is 10.9 Å². The maximum atomic E-state index is 12.6. The van der Waals surface area contributed by atoms with Gasteiger partial charge in [0.15, 0.2) is 11.5 Å². The molecule has 0 aliphatic heterocycles. The fourth-order valence-electron chi connectivity index (χ4n) is 2.42. The number of H-pyrrole nitrogens is 1. The van der Waals surface area contributed by atoms with E-state index < -0.39 is 0 Å². The van der Waals surface area contributed by atoms with E-state index in [4.69, 9.17) is 21.7 Å². The molecule has 0 unspecified atom stereocenters. The molecule has 25 heavy (non-hydrogen) atoms. The van der Waals surface area contributed by atoms with Crippen molar-refractivity contribution in [2.75, 3.05) is 13.7 Å². The second kappa shape index (κ2) is 7.31. The van der Waals surface area contributed by atoms with Gasteiger partial charge in [0, 0.05) is 0 Å². The van der Waals surface area contributed by atoms with Crippen molar-refractivity contribution in [1.82, 2.24) is 9.66 Å². The monoisotopic (exact) mass is 355 g/mol. The number of aromatic nitrogens is 2. The van der Waals surface area contributed by atoms with Crippen molar-refractivity contribution >= 4 is 29.3 Å². The maximum absolute atomic E-state index is 12.6. The first-order valence-corrected chi connectivity index (χ1v) is 8.14. The third-order valence-electron chi connectivity index (χ3n) is 3.59. The molecule has 0 fully saturated rings. The smallest absolute Gasteiger partial charge is 0.282 e. The SMILES string of the molecule is CCOc1cc(/C=N\n2c(=S)[nH]c3ccccc3c2=O)ccc1OC. The Morgan fingerprint density at radius 1 is 1.24 bits per heavy atom. The third kappa shape index (κ3) is 3.46. The number of aromatic amines is 1. The molecular formula is C18H17N3O3S. The number of fused-ring (bicyclic) bond motifs is 1. The van der Waals surface area contributed by atoms with E-state index in [2.05, 4.69) is 10.1 Å². The summed E-state index contributed by atoms with van der Waals surface area (Å²) >= 11 is 5.24. The zero-order valence-corrected chi connectivity index (χ0v) is 14.7. The fraction of sp³-hybridized carbons (Fsp3) is 0.167. The molecule has 0 saturated carbocycles. The number of methoxy groups -OCH3 is 1. The molecule has 1 aromatic heterocycles. The highest BCUT2D eigenvalue weighted by Crippen LogP contribution is 2.27. The minimum atomic E-state index is -0.269. The summed E-state index contributed by atoms with van der Waals surface area (Å²) in [6, 6.07) is 12.6. The van der Waals surface area contributed by atoms with Crippen molar-refractivity contribution in [2.24, 2.45) is 5.10 Å². The lowest BCUT2D eigenvalue weighted by Crippen LogP contribution is -2.18. The lowest BCUT2D eigenvalue weighted by Gasteiger charge is -2.09. The van der Waals surface area contributed by atoms with Gasteiger partial charge < -0.3 is 14.5 Å². The van der Waals surface area contributed by atoms with Gasteiger partial charge in [0.2, 0.25) is 4.77 Å². The Labute approximate surface area is 149 Å². The van der Waals surface area contributed by atoms with Gasteiger partial charge in [-0.15, -0.1) is 0 Å². The molecular weight excluding hydrogens is 338 g/mol. The number of hydrogen-bond acceptors (Lipinski definition) is 5. The van der Waals surface area contributed by atoms with Crippen LogP contribution in [0.3, 0.4) is 0 Å². The summed E-state index contributed by atoms with van der Waals surface area (Å²) in [5.41, 5.74) is 1.18. The lowest BCUT2D eigenvalue weighted by molar-refractivity contribution is 0.311. The molecule has 0 atom stereocenters. The number of hydrogen-bond donors (Lipinski definition) is 1. The van der Waals surface area contributed by atoms with E-state index in [0.717, 1.165) is 5.56 Å². The van der Waals surface area contributed by atoms with E-state index in [1.165, 1.54) is 4.68 Å². The molecule has 0 aliphatic carbocycles. The molecule has 1 heterocycles. The molecule has 0 spiro atoms. The van der Waals surface area contributed by atoms with Crippen molar-refractivity contribution in [2.45, 2.75) is 6.92 Å². The van der Waals surface area contributed by atoms with Crippen LogP contribution >= 0.6 is 12.2 Å². The van der Waals surface area contributed by atoms with E-state index in [1.807, 2.05) is 19.1 Å². The minimum absolute atomic E-state index is 0.235. The van der Waals surface area contributed by atoms with Gasteiger partial charge in [-0.1, -0.05) is 12.1 Å². The molecule has 2 aromatic carbocycles. The maximum Gasteiger partial charge on any atom is 0.282 e. The Hall–Kier alpha value is -2.93. The van der Waals surface area contributed by atoms with E-state index in [9.17, 15) is 4.79 Å². The van der Waals surface area contributed by atoms with E-state index in [-0.39, 0.29) is 10.3 Å². The molecule has 0 amide bonds. The molecule has 3 aromatic rings. The van der Waals surface area contributed by atoms with E-state index in [1.54, 1.807) is 43.7 Å². The summed E-state index contributed by atoms with van der Waals surface area (Å²) < 4.78 is 12.2. The normalized spacial score (nSPS) is 11.1. The van der Waals surface area contributed by atoms with Crippen molar-refractivity contribution < 1.29 is 9.47 Å². The van der Waals surface area contributed by atoms with Crippen LogP contribution in [0.5, 0.6) is 11.5 Å². The number of nitrogens with zero attached hydrogens (tertiary/aromatic N) is 2. The fourth-order valence-corrected chi connectivity index (χ4v) is 2.66. The summed E-state index contributed by atoms with van der Waals surface area (Å²) in [6.07, 6.45) is 1.56. The Morgan fingerprint density at radius 3 is 2.80 bits per heavy atom. The second-order valence-electron chi connectivity index (χ2n) is 5.18. The predicted octanol–water partition coefficient (Wildman–Crippen LogP) is 3.35. The predicted molar refractivity (Wildman–Crippen MR) is 101 cm³/mol. The van der Waals surface area contributed by atoms with Crippen LogP contribution in [0.2, 0.25) is 0 Å². The highest BCUT2D eigenvalue weighted by Gasteiger charge is 2.06. The highest BCUT2D eigenvalue weighted by molar-refractivity contribution is 7.71. The van der Waals surface area contributed by atoms with Gasteiger partial charge in [-0.3, -0.25) is 4.79 Å². The first-order chi connectivity index (χ1) is 12.1. The molecule has 1 N–H and O–H groups in total. The summed E-state index contributed by atoms with van der Waals surface area (Å²) in [5.74, 6) is 1.25. The third-order valence-corrected chi connectivity index (χ3v) is 3.87. The van der Waals surface area contributed by atoms with Crippen LogP contribution in [0.1, 0.15) is 12.5 Å². The van der Waals surface area contributed by atoms with Gasteiger partial charge in [0.1, 0.15) is 0 Å². The molecule has 0 bridgehead atoms. The van der Waals surface area contributed by atoms with Gasteiger partial charge in [0.25, 0.3) is 5.56 Å². The first-order valence-electron chi connectivity index (χ1n) is 7.73. The molecule has 0 radical (unpaired) electrons. The Balaban J connectivity index is 2.03. The van der Waals surface area contributed by atoms with Gasteiger partial charge in [-0.25, -0.2) is 0 Å². The molecule has 128 valence electrons. The Bertz CT molecular complexity index is 1050. The standard InChI is InChI=1S/C18H17N3O3S/c1-3-24-16-10-12(8-9-15(16)23-2)11-19-21-17(22)13-6-4-5-7-14(13)20-18(21)25/h4-11H,3H2,1-2H3,(H,20,25)/b19-11-. The zero-order valence-electron chi connectivity index (χ0n) is 13.9. The number of para-hydroxylation sites is 1.